The summed E-state index contributed by atoms with van der Waals surface area (Å²) in [6.07, 6.45) is 5.25. The van der Waals surface area contributed by atoms with Gasteiger partial charge in [0.05, 0.1) is 12.2 Å². The molecule has 1 aliphatic heterocycles. The Labute approximate surface area is 147 Å². The third-order valence-electron chi connectivity index (χ3n) is 4.57. The first-order valence-electron chi connectivity index (χ1n) is 8.68. The van der Waals surface area contributed by atoms with Gasteiger partial charge >= 0.3 is 6.03 Å². The van der Waals surface area contributed by atoms with Crippen molar-refractivity contribution in [3.05, 3.63) is 10.6 Å². The summed E-state index contributed by atoms with van der Waals surface area (Å²) in [6.45, 7) is 7.11. The van der Waals surface area contributed by atoms with E-state index in [0.717, 1.165) is 29.8 Å². The van der Waals surface area contributed by atoms with Crippen LogP contribution in [-0.4, -0.2) is 34.4 Å². The Balaban J connectivity index is 1.60. The van der Waals surface area contributed by atoms with E-state index >= 15 is 0 Å². The van der Waals surface area contributed by atoms with Gasteiger partial charge in [-0.15, -0.1) is 0 Å². The Hall–Kier alpha value is -1.63. The average molecular weight is 350 g/mol. The van der Waals surface area contributed by atoms with Crippen molar-refractivity contribution in [2.75, 3.05) is 11.9 Å². The van der Waals surface area contributed by atoms with Crippen molar-refractivity contribution in [2.45, 2.75) is 65.5 Å². The molecule has 24 heavy (non-hydrogen) atoms. The first kappa shape index (κ1) is 17.2. The predicted octanol–water partition coefficient (Wildman–Crippen LogP) is 3.14. The number of nitrogens with zero attached hydrogens (tertiary/aromatic N) is 2. The van der Waals surface area contributed by atoms with Gasteiger partial charge in [0.1, 0.15) is 0 Å². The fourth-order valence-corrected chi connectivity index (χ4v) is 4.30. The fraction of sp³-hybridized carbons (Fsp3) is 0.706. The van der Waals surface area contributed by atoms with Crippen LogP contribution in [-0.2, 0) is 17.8 Å². The third-order valence-corrected chi connectivity index (χ3v) is 5.57. The molecule has 0 unspecified atom stereocenters. The number of fused-ring (bicyclic) bond motifs is 1. The lowest BCUT2D eigenvalue weighted by molar-refractivity contribution is -0.140. The zero-order chi connectivity index (χ0) is 17.3. The van der Waals surface area contributed by atoms with Crippen LogP contribution in [0.25, 0.3) is 0 Å². The van der Waals surface area contributed by atoms with Crippen molar-refractivity contribution in [3.8, 4) is 0 Å². The largest absolute Gasteiger partial charge is 0.337 e. The van der Waals surface area contributed by atoms with Crippen molar-refractivity contribution < 1.29 is 9.59 Å². The Morgan fingerprint density at radius 2 is 1.96 bits per heavy atom. The molecular formula is C17H26N4O2S. The second-order valence-electron chi connectivity index (χ2n) is 7.70. The van der Waals surface area contributed by atoms with Gasteiger partial charge in [-0.1, -0.05) is 44.9 Å². The number of urea groups is 1. The van der Waals surface area contributed by atoms with Crippen molar-refractivity contribution >= 4 is 28.4 Å². The van der Waals surface area contributed by atoms with E-state index < -0.39 is 0 Å². The van der Waals surface area contributed by atoms with Crippen LogP contribution in [0.4, 0.5) is 9.93 Å². The molecule has 1 saturated carbocycles. The number of aromatic nitrogens is 1. The van der Waals surface area contributed by atoms with E-state index in [1.807, 2.05) is 25.7 Å². The van der Waals surface area contributed by atoms with E-state index in [-0.39, 0.29) is 17.4 Å². The highest BCUT2D eigenvalue weighted by molar-refractivity contribution is 7.15. The first-order valence-corrected chi connectivity index (χ1v) is 9.50. The molecule has 0 radical (unpaired) electrons. The molecule has 0 saturated heterocycles. The molecule has 0 atom stereocenters. The van der Waals surface area contributed by atoms with Gasteiger partial charge in [0.15, 0.2) is 5.13 Å². The molecule has 1 aromatic heterocycles. The Morgan fingerprint density at radius 1 is 1.25 bits per heavy atom. The van der Waals surface area contributed by atoms with E-state index in [4.69, 9.17) is 0 Å². The Kier molecular flexibility index (Phi) is 4.80. The molecule has 0 spiro atoms. The lowest BCUT2D eigenvalue weighted by Crippen LogP contribution is -2.42. The predicted molar refractivity (Wildman–Crippen MR) is 95.1 cm³/mol. The highest BCUT2D eigenvalue weighted by atomic mass is 32.1. The van der Waals surface area contributed by atoms with Gasteiger partial charge in [-0.3, -0.25) is 10.1 Å². The van der Waals surface area contributed by atoms with Crippen LogP contribution in [0.15, 0.2) is 0 Å². The third kappa shape index (κ3) is 3.88. The summed E-state index contributed by atoms with van der Waals surface area (Å²) in [6, 6.07) is 0.120. The summed E-state index contributed by atoms with van der Waals surface area (Å²) in [5.74, 6) is 0.162. The summed E-state index contributed by atoms with van der Waals surface area (Å²) in [5.41, 5.74) is 0.638. The molecule has 1 aromatic rings. The van der Waals surface area contributed by atoms with Gasteiger partial charge in [0.2, 0.25) is 5.91 Å². The van der Waals surface area contributed by atoms with Crippen LogP contribution in [0.3, 0.4) is 0 Å². The van der Waals surface area contributed by atoms with Crippen LogP contribution < -0.4 is 10.6 Å². The number of carbonyl (C=O) groups is 2. The zero-order valence-corrected chi connectivity index (χ0v) is 15.5. The second kappa shape index (κ2) is 6.70. The second-order valence-corrected chi connectivity index (χ2v) is 8.78. The number of amides is 3. The van der Waals surface area contributed by atoms with E-state index in [9.17, 15) is 9.59 Å². The van der Waals surface area contributed by atoms with Crippen LogP contribution in [0.5, 0.6) is 0 Å². The molecule has 2 N–H and O–H groups in total. The molecule has 3 rings (SSSR count). The minimum Gasteiger partial charge on any atom is -0.337 e. The minimum absolute atomic E-state index is 0.162. The van der Waals surface area contributed by atoms with Crippen LogP contribution in [0, 0.1) is 5.41 Å². The first-order chi connectivity index (χ1) is 11.3. The topological polar surface area (TPSA) is 74.3 Å². The molecule has 0 aromatic carbocycles. The quantitative estimate of drug-likeness (QED) is 0.860. The number of hydrogen-bond acceptors (Lipinski definition) is 4. The molecule has 1 aliphatic carbocycles. The van der Waals surface area contributed by atoms with Crippen molar-refractivity contribution in [3.63, 3.8) is 0 Å². The number of anilines is 1. The number of carbonyl (C=O) groups excluding carboxylic acids is 2. The molecular weight excluding hydrogens is 324 g/mol. The molecule has 132 valence electrons. The normalized spacial score (nSPS) is 18.4. The summed E-state index contributed by atoms with van der Waals surface area (Å²) in [5, 5.41) is 6.49. The van der Waals surface area contributed by atoms with Gasteiger partial charge in [-0.2, -0.15) is 0 Å². The highest BCUT2D eigenvalue weighted by Crippen LogP contribution is 2.30. The van der Waals surface area contributed by atoms with Gasteiger partial charge in [-0.05, 0) is 12.8 Å². The lowest BCUT2D eigenvalue weighted by atomic mass is 9.94. The minimum atomic E-state index is -0.371. The van der Waals surface area contributed by atoms with E-state index in [2.05, 4.69) is 15.6 Å². The molecule has 2 aliphatic rings. The number of nitrogens with one attached hydrogen (secondary N) is 2. The van der Waals surface area contributed by atoms with Crippen LogP contribution >= 0.6 is 11.3 Å². The molecule has 2 heterocycles. The number of hydrogen-bond donors (Lipinski definition) is 2. The van der Waals surface area contributed by atoms with Crippen molar-refractivity contribution in [1.29, 1.82) is 0 Å². The lowest BCUT2D eigenvalue weighted by Gasteiger charge is -2.31. The van der Waals surface area contributed by atoms with E-state index in [0.29, 0.717) is 24.3 Å². The summed E-state index contributed by atoms with van der Waals surface area (Å²) in [7, 11) is 0. The van der Waals surface area contributed by atoms with Gasteiger partial charge < -0.3 is 10.2 Å². The molecule has 7 heteroatoms. The Bertz CT molecular complexity index is 629. The zero-order valence-electron chi connectivity index (χ0n) is 14.6. The van der Waals surface area contributed by atoms with Crippen molar-refractivity contribution in [2.24, 2.45) is 5.41 Å². The maximum atomic E-state index is 12.4. The van der Waals surface area contributed by atoms with E-state index in [1.54, 1.807) is 0 Å². The SMILES string of the molecule is CC(C)(C)C(=O)N1CCc2nc(NC(=O)NC3CCCC3)sc2C1. The summed E-state index contributed by atoms with van der Waals surface area (Å²) < 4.78 is 0. The van der Waals surface area contributed by atoms with Gasteiger partial charge in [-0.25, -0.2) is 9.78 Å². The molecule has 1 fully saturated rings. The molecule has 3 amide bonds. The Morgan fingerprint density at radius 3 is 2.62 bits per heavy atom. The van der Waals surface area contributed by atoms with E-state index in [1.165, 1.54) is 24.2 Å². The van der Waals surface area contributed by atoms with Gasteiger partial charge in [0.25, 0.3) is 0 Å². The molecule has 0 bridgehead atoms. The fourth-order valence-electron chi connectivity index (χ4n) is 3.29. The average Bonchev–Trinajstić information content (AvgIpc) is 3.13. The number of thiazole rings is 1. The standard InChI is InChI=1S/C17H26N4O2S/c1-17(2,3)14(22)21-9-8-12-13(10-21)24-16(19-12)20-15(23)18-11-6-4-5-7-11/h11H,4-10H2,1-3H3,(H2,18,19,20,23). The monoisotopic (exact) mass is 350 g/mol. The highest BCUT2D eigenvalue weighted by Gasteiger charge is 2.31. The smallest absolute Gasteiger partial charge is 0.321 e. The maximum Gasteiger partial charge on any atom is 0.321 e. The van der Waals surface area contributed by atoms with Crippen LogP contribution in [0.2, 0.25) is 0 Å². The molecule has 6 nitrogen and oxygen atoms in total. The van der Waals surface area contributed by atoms with Crippen LogP contribution in [0.1, 0.15) is 57.0 Å². The van der Waals surface area contributed by atoms with Gasteiger partial charge in [0, 0.05) is 29.3 Å². The van der Waals surface area contributed by atoms with Crippen molar-refractivity contribution in [1.82, 2.24) is 15.2 Å². The number of rotatable bonds is 2. The summed E-state index contributed by atoms with van der Waals surface area (Å²) in [4.78, 5) is 32.0. The summed E-state index contributed by atoms with van der Waals surface area (Å²) >= 11 is 1.48. The maximum absolute atomic E-state index is 12.4.